The van der Waals surface area contributed by atoms with Crippen LogP contribution >= 0.6 is 0 Å². The summed E-state index contributed by atoms with van der Waals surface area (Å²) < 4.78 is 5.76. The molecule has 3 heteroatoms. The van der Waals surface area contributed by atoms with Crippen LogP contribution in [0.2, 0.25) is 0 Å². The quantitative estimate of drug-likeness (QED) is 0.456. The number of aliphatic hydroxyl groups excluding tert-OH is 1. The molecule has 0 radical (unpaired) electrons. The third-order valence-corrected chi connectivity index (χ3v) is 5.20. The van der Waals surface area contributed by atoms with Gasteiger partial charge in [0.25, 0.3) is 0 Å². The van der Waals surface area contributed by atoms with Crippen LogP contribution in [0.4, 0.5) is 0 Å². The van der Waals surface area contributed by atoms with E-state index < -0.39 is 0 Å². The maximum absolute atomic E-state index is 11.9. The van der Waals surface area contributed by atoms with Crippen LogP contribution in [-0.2, 0) is 9.53 Å². The molecule has 3 unspecified atom stereocenters. The molecular formula is C14H22O3. The van der Waals surface area contributed by atoms with Crippen LogP contribution in [0.15, 0.2) is 11.8 Å². The molecule has 3 nitrogen and oxygen atoms in total. The molecule has 0 aromatic carbocycles. The molecule has 3 saturated carbocycles. The second-order valence-corrected chi connectivity index (χ2v) is 6.19. The molecule has 0 spiro atoms. The van der Waals surface area contributed by atoms with Gasteiger partial charge in [-0.3, -0.25) is 0 Å². The number of carbonyl (C=O) groups is 1. The molecule has 0 aromatic heterocycles. The number of hydrogen-bond acceptors (Lipinski definition) is 3. The summed E-state index contributed by atoms with van der Waals surface area (Å²) in [6.07, 6.45) is 4.17. The van der Waals surface area contributed by atoms with Gasteiger partial charge in [-0.25, -0.2) is 4.79 Å². The van der Waals surface area contributed by atoms with Gasteiger partial charge in [0.2, 0.25) is 0 Å². The first-order valence-electron chi connectivity index (χ1n) is 6.39. The van der Waals surface area contributed by atoms with Crippen molar-refractivity contribution in [2.75, 3.05) is 0 Å². The Bertz CT molecular complexity index is 370. The molecule has 3 aliphatic rings. The van der Waals surface area contributed by atoms with Gasteiger partial charge in [0.05, 0.1) is 11.8 Å². The Morgan fingerprint density at radius 1 is 1.41 bits per heavy atom. The van der Waals surface area contributed by atoms with E-state index in [1.807, 2.05) is 0 Å². The van der Waals surface area contributed by atoms with Gasteiger partial charge in [0.15, 0.2) is 0 Å². The molecule has 3 rings (SSSR count). The van der Waals surface area contributed by atoms with E-state index in [-0.39, 0.29) is 22.6 Å². The molecule has 3 atom stereocenters. The maximum atomic E-state index is 11.9. The average Bonchev–Trinajstić information content (AvgIpc) is 2.29. The molecular weight excluding hydrogens is 216 g/mol. The third-order valence-electron chi connectivity index (χ3n) is 5.20. The number of aliphatic hydroxyl groups is 1. The molecule has 1 N–H and O–H groups in total. The fraction of sp³-hybridized carbons (Fsp3) is 0.786. The Hall–Kier alpha value is -0.990. The summed E-state index contributed by atoms with van der Waals surface area (Å²) >= 11 is 0. The number of ether oxygens (including phenoxy) is 1. The van der Waals surface area contributed by atoms with Crippen LogP contribution in [0.5, 0.6) is 0 Å². The van der Waals surface area contributed by atoms with Crippen molar-refractivity contribution >= 4 is 5.97 Å². The third kappa shape index (κ3) is 1.51. The Morgan fingerprint density at radius 3 is 2.53 bits per heavy atom. The van der Waals surface area contributed by atoms with Gasteiger partial charge in [-0.2, -0.15) is 0 Å². The second-order valence-electron chi connectivity index (χ2n) is 6.19. The van der Waals surface area contributed by atoms with E-state index in [0.29, 0.717) is 11.8 Å². The van der Waals surface area contributed by atoms with E-state index in [1.165, 1.54) is 6.42 Å². The fourth-order valence-corrected chi connectivity index (χ4v) is 3.65. The Morgan fingerprint density at radius 2 is 2.06 bits per heavy atom. The molecule has 17 heavy (non-hydrogen) atoms. The second kappa shape index (κ2) is 3.76. The lowest BCUT2D eigenvalue weighted by atomic mass is 9.42. The van der Waals surface area contributed by atoms with Gasteiger partial charge in [-0.15, -0.1) is 0 Å². The monoisotopic (exact) mass is 238 g/mol. The molecule has 0 saturated heterocycles. The van der Waals surface area contributed by atoms with Crippen molar-refractivity contribution < 1.29 is 14.6 Å². The summed E-state index contributed by atoms with van der Waals surface area (Å²) in [5.41, 5.74) is 0.0178. The van der Waals surface area contributed by atoms with E-state index in [4.69, 9.17) is 9.84 Å². The topological polar surface area (TPSA) is 46.5 Å². The highest BCUT2D eigenvalue weighted by Gasteiger charge is 2.67. The van der Waals surface area contributed by atoms with Crippen molar-refractivity contribution in [2.45, 2.75) is 52.6 Å². The Kier molecular flexibility index (Phi) is 2.75. The first kappa shape index (κ1) is 12.5. The van der Waals surface area contributed by atoms with Crippen LogP contribution in [0.3, 0.4) is 0 Å². The SMILES string of the molecule is CC(=CO)C(=O)OC12CC(CCC1C)C2(C)C. The summed E-state index contributed by atoms with van der Waals surface area (Å²) in [5.74, 6) is 0.690. The predicted octanol–water partition coefficient (Wildman–Crippen LogP) is 3.21. The number of hydrogen-bond donors (Lipinski definition) is 1. The normalized spacial score (nSPS) is 39.4. The Balaban J connectivity index is 2.21. The molecule has 0 heterocycles. The lowest BCUT2D eigenvalue weighted by Crippen LogP contribution is -2.68. The van der Waals surface area contributed by atoms with Gasteiger partial charge in [0, 0.05) is 5.41 Å². The average molecular weight is 238 g/mol. The molecule has 3 aliphatic carbocycles. The minimum atomic E-state index is -0.382. The van der Waals surface area contributed by atoms with E-state index in [0.717, 1.165) is 19.1 Å². The highest BCUT2D eigenvalue weighted by molar-refractivity contribution is 5.87. The van der Waals surface area contributed by atoms with Crippen molar-refractivity contribution in [3.05, 3.63) is 11.8 Å². The van der Waals surface area contributed by atoms with E-state index in [2.05, 4.69) is 20.8 Å². The van der Waals surface area contributed by atoms with Crippen molar-refractivity contribution in [3.8, 4) is 0 Å². The zero-order chi connectivity index (χ0) is 12.8. The van der Waals surface area contributed by atoms with Gasteiger partial charge >= 0.3 is 5.97 Å². The van der Waals surface area contributed by atoms with Crippen molar-refractivity contribution in [1.82, 2.24) is 0 Å². The van der Waals surface area contributed by atoms with Crippen molar-refractivity contribution in [1.29, 1.82) is 0 Å². The largest absolute Gasteiger partial charge is 0.515 e. The summed E-state index contributed by atoms with van der Waals surface area (Å²) in [5, 5.41) is 8.86. The lowest BCUT2D eigenvalue weighted by molar-refractivity contribution is -0.264. The van der Waals surface area contributed by atoms with Crippen LogP contribution < -0.4 is 0 Å². The summed E-state index contributed by atoms with van der Waals surface area (Å²) in [6.45, 7) is 8.14. The van der Waals surface area contributed by atoms with E-state index in [9.17, 15) is 4.79 Å². The van der Waals surface area contributed by atoms with Gasteiger partial charge < -0.3 is 9.84 Å². The summed E-state index contributed by atoms with van der Waals surface area (Å²) in [7, 11) is 0. The highest BCUT2D eigenvalue weighted by atomic mass is 16.6. The predicted molar refractivity (Wildman–Crippen MR) is 65.5 cm³/mol. The van der Waals surface area contributed by atoms with Crippen LogP contribution in [-0.4, -0.2) is 16.7 Å². The Labute approximate surface area is 103 Å². The molecule has 0 aromatic rings. The van der Waals surface area contributed by atoms with Crippen LogP contribution in [0.1, 0.15) is 47.0 Å². The zero-order valence-corrected chi connectivity index (χ0v) is 11.1. The van der Waals surface area contributed by atoms with E-state index >= 15 is 0 Å². The minimum Gasteiger partial charge on any atom is -0.515 e. The number of rotatable bonds is 2. The fourth-order valence-electron chi connectivity index (χ4n) is 3.65. The number of esters is 1. The van der Waals surface area contributed by atoms with Gasteiger partial charge in [-0.05, 0) is 38.0 Å². The highest BCUT2D eigenvalue weighted by Crippen LogP contribution is 2.65. The first-order valence-corrected chi connectivity index (χ1v) is 6.39. The smallest absolute Gasteiger partial charge is 0.337 e. The minimum absolute atomic E-state index is 0.0655. The summed E-state index contributed by atoms with van der Waals surface area (Å²) in [6, 6.07) is 0. The maximum Gasteiger partial charge on any atom is 0.337 e. The van der Waals surface area contributed by atoms with Crippen LogP contribution in [0, 0.1) is 17.3 Å². The summed E-state index contributed by atoms with van der Waals surface area (Å²) in [4.78, 5) is 11.9. The molecule has 0 aliphatic heterocycles. The molecule has 0 amide bonds. The van der Waals surface area contributed by atoms with E-state index in [1.54, 1.807) is 6.92 Å². The molecule has 3 fully saturated rings. The standard InChI is InChI=1S/C14H22O3/c1-9(8-15)12(16)17-14-7-11(13(14,3)4)6-5-10(14)2/h8,10-11,15H,5-7H2,1-4H3. The molecule has 2 bridgehead atoms. The lowest BCUT2D eigenvalue weighted by Gasteiger charge is -2.66. The van der Waals surface area contributed by atoms with Crippen molar-refractivity contribution in [2.24, 2.45) is 17.3 Å². The van der Waals surface area contributed by atoms with Crippen LogP contribution in [0.25, 0.3) is 0 Å². The van der Waals surface area contributed by atoms with Gasteiger partial charge in [0.1, 0.15) is 5.60 Å². The van der Waals surface area contributed by atoms with Gasteiger partial charge in [-0.1, -0.05) is 20.8 Å². The molecule has 96 valence electrons. The number of carbonyl (C=O) groups excluding carboxylic acids is 1. The number of fused-ring (bicyclic) bond motifs is 2. The first-order chi connectivity index (χ1) is 7.85. The van der Waals surface area contributed by atoms with Crippen molar-refractivity contribution in [3.63, 3.8) is 0 Å². The zero-order valence-electron chi connectivity index (χ0n) is 11.1.